The van der Waals surface area contributed by atoms with Gasteiger partial charge in [-0.05, 0) is 26.5 Å². The Labute approximate surface area is 91.5 Å². The van der Waals surface area contributed by atoms with Gasteiger partial charge in [-0.3, -0.25) is 0 Å². The fourth-order valence-corrected chi connectivity index (χ4v) is 1.19. The van der Waals surface area contributed by atoms with Gasteiger partial charge in [0.05, 0.1) is 0 Å². The largest absolute Gasteiger partial charge is 0.368 e. The molecule has 0 spiro atoms. The third kappa shape index (κ3) is 4.25. The van der Waals surface area contributed by atoms with Crippen molar-refractivity contribution in [3.63, 3.8) is 0 Å². The second-order valence-corrected chi connectivity index (χ2v) is 3.67. The van der Waals surface area contributed by atoms with E-state index < -0.39 is 0 Å². The molecule has 0 fully saturated rings. The molecule has 1 aromatic rings. The Bertz CT molecular complexity index is 288. The summed E-state index contributed by atoms with van der Waals surface area (Å²) in [6.45, 7) is 5.21. The predicted molar refractivity (Wildman–Crippen MR) is 63.0 cm³/mol. The van der Waals surface area contributed by atoms with Crippen LogP contribution in [0.15, 0.2) is 12.3 Å². The summed E-state index contributed by atoms with van der Waals surface area (Å²) < 4.78 is 0. The van der Waals surface area contributed by atoms with Crippen LogP contribution in [0.1, 0.15) is 26.1 Å². The van der Waals surface area contributed by atoms with Crippen LogP contribution in [0, 0.1) is 0 Å². The van der Waals surface area contributed by atoms with E-state index in [1.165, 1.54) is 0 Å². The van der Waals surface area contributed by atoms with Crippen LogP contribution in [-0.2, 0) is 6.42 Å². The molecule has 1 unspecified atom stereocenters. The minimum Gasteiger partial charge on any atom is -0.368 e. The molecule has 4 nitrogen and oxygen atoms in total. The van der Waals surface area contributed by atoms with Gasteiger partial charge in [0.25, 0.3) is 0 Å². The average molecular weight is 208 g/mol. The Morgan fingerprint density at radius 1 is 1.47 bits per heavy atom. The molecular formula is C11H20N4. The van der Waals surface area contributed by atoms with Crippen LogP contribution < -0.4 is 10.6 Å². The van der Waals surface area contributed by atoms with E-state index in [4.69, 9.17) is 0 Å². The Balaban J connectivity index is 2.57. The zero-order valence-corrected chi connectivity index (χ0v) is 9.75. The van der Waals surface area contributed by atoms with Crippen molar-refractivity contribution in [1.29, 1.82) is 0 Å². The number of hydrogen-bond acceptors (Lipinski definition) is 4. The zero-order valence-electron chi connectivity index (χ0n) is 9.75. The SMILES string of the molecule is CCC(C)Nc1ccnc(CCNC)n1. The average Bonchev–Trinajstić information content (AvgIpc) is 2.26. The normalized spacial score (nSPS) is 12.5. The molecule has 1 heterocycles. The van der Waals surface area contributed by atoms with Crippen LogP contribution in [0.25, 0.3) is 0 Å². The molecule has 0 bridgehead atoms. The second-order valence-electron chi connectivity index (χ2n) is 3.67. The summed E-state index contributed by atoms with van der Waals surface area (Å²) in [5.41, 5.74) is 0. The van der Waals surface area contributed by atoms with Gasteiger partial charge in [0.2, 0.25) is 0 Å². The highest BCUT2D eigenvalue weighted by Gasteiger charge is 2.01. The highest BCUT2D eigenvalue weighted by molar-refractivity contribution is 5.33. The van der Waals surface area contributed by atoms with E-state index in [0.717, 1.165) is 31.0 Å². The smallest absolute Gasteiger partial charge is 0.131 e. The van der Waals surface area contributed by atoms with Crippen LogP contribution in [0.2, 0.25) is 0 Å². The van der Waals surface area contributed by atoms with Crippen LogP contribution in [0.5, 0.6) is 0 Å². The molecule has 2 N–H and O–H groups in total. The summed E-state index contributed by atoms with van der Waals surface area (Å²) in [5.74, 6) is 1.81. The quantitative estimate of drug-likeness (QED) is 0.743. The van der Waals surface area contributed by atoms with Crippen LogP contribution in [0.3, 0.4) is 0 Å². The highest BCUT2D eigenvalue weighted by atomic mass is 15.0. The number of nitrogens with one attached hydrogen (secondary N) is 2. The summed E-state index contributed by atoms with van der Waals surface area (Å²) in [5, 5.41) is 6.42. The number of aromatic nitrogens is 2. The predicted octanol–water partition coefficient (Wildman–Crippen LogP) is 1.45. The Morgan fingerprint density at radius 2 is 2.27 bits per heavy atom. The molecular weight excluding hydrogens is 188 g/mol. The van der Waals surface area contributed by atoms with Gasteiger partial charge in [-0.25, -0.2) is 9.97 Å². The first-order chi connectivity index (χ1) is 7.26. The number of rotatable bonds is 6. The van der Waals surface area contributed by atoms with Crippen LogP contribution in [0.4, 0.5) is 5.82 Å². The summed E-state index contributed by atoms with van der Waals surface area (Å²) in [6, 6.07) is 2.37. The van der Waals surface area contributed by atoms with E-state index >= 15 is 0 Å². The van der Waals surface area contributed by atoms with Crippen LogP contribution in [-0.4, -0.2) is 29.6 Å². The van der Waals surface area contributed by atoms with E-state index in [0.29, 0.717) is 6.04 Å². The molecule has 0 saturated heterocycles. The topological polar surface area (TPSA) is 49.8 Å². The molecule has 15 heavy (non-hydrogen) atoms. The second kappa shape index (κ2) is 6.35. The Hall–Kier alpha value is -1.16. The molecule has 1 aromatic heterocycles. The van der Waals surface area contributed by atoms with Gasteiger partial charge in [-0.1, -0.05) is 6.92 Å². The maximum atomic E-state index is 4.44. The maximum Gasteiger partial charge on any atom is 0.131 e. The third-order valence-electron chi connectivity index (χ3n) is 2.31. The molecule has 1 atom stereocenters. The standard InChI is InChI=1S/C11H20N4/c1-4-9(2)14-11-6-8-13-10(15-11)5-7-12-3/h6,8-9,12H,4-5,7H2,1-3H3,(H,13,14,15). The lowest BCUT2D eigenvalue weighted by Crippen LogP contribution is -2.16. The lowest BCUT2D eigenvalue weighted by atomic mass is 10.2. The van der Waals surface area contributed by atoms with Crippen molar-refractivity contribution in [2.75, 3.05) is 18.9 Å². The summed E-state index contributed by atoms with van der Waals surface area (Å²) in [4.78, 5) is 8.65. The Kier molecular flexibility index (Phi) is 5.04. The molecule has 4 heteroatoms. The minimum atomic E-state index is 0.456. The third-order valence-corrected chi connectivity index (χ3v) is 2.31. The molecule has 0 saturated carbocycles. The molecule has 0 aliphatic heterocycles. The summed E-state index contributed by atoms with van der Waals surface area (Å²) >= 11 is 0. The first kappa shape index (κ1) is 11.9. The van der Waals surface area contributed by atoms with Crippen molar-refractivity contribution in [2.24, 2.45) is 0 Å². The molecule has 0 amide bonds. The van der Waals surface area contributed by atoms with E-state index in [2.05, 4.69) is 34.4 Å². The van der Waals surface area contributed by atoms with Crippen molar-refractivity contribution in [3.05, 3.63) is 18.1 Å². The number of anilines is 1. The minimum absolute atomic E-state index is 0.456. The van der Waals surface area contributed by atoms with Crippen molar-refractivity contribution < 1.29 is 0 Å². The van der Waals surface area contributed by atoms with Gasteiger partial charge in [0, 0.05) is 25.2 Å². The van der Waals surface area contributed by atoms with E-state index in [1.54, 1.807) is 0 Å². The Morgan fingerprint density at radius 3 is 2.93 bits per heavy atom. The first-order valence-corrected chi connectivity index (χ1v) is 5.49. The van der Waals surface area contributed by atoms with E-state index in [1.807, 2.05) is 19.3 Å². The van der Waals surface area contributed by atoms with Gasteiger partial charge in [-0.15, -0.1) is 0 Å². The number of likely N-dealkylation sites (N-methyl/N-ethyl adjacent to an activating group) is 1. The summed E-state index contributed by atoms with van der Waals surface area (Å²) in [6.07, 6.45) is 3.77. The number of hydrogen-bond donors (Lipinski definition) is 2. The zero-order chi connectivity index (χ0) is 11.1. The number of nitrogens with zero attached hydrogens (tertiary/aromatic N) is 2. The van der Waals surface area contributed by atoms with Crippen molar-refractivity contribution in [2.45, 2.75) is 32.7 Å². The van der Waals surface area contributed by atoms with Crippen molar-refractivity contribution >= 4 is 5.82 Å². The van der Waals surface area contributed by atoms with Gasteiger partial charge in [-0.2, -0.15) is 0 Å². The fraction of sp³-hybridized carbons (Fsp3) is 0.636. The van der Waals surface area contributed by atoms with Crippen LogP contribution >= 0.6 is 0 Å². The first-order valence-electron chi connectivity index (χ1n) is 5.49. The molecule has 0 aliphatic carbocycles. The maximum absolute atomic E-state index is 4.44. The molecule has 0 radical (unpaired) electrons. The lowest BCUT2D eigenvalue weighted by Gasteiger charge is -2.12. The lowest BCUT2D eigenvalue weighted by molar-refractivity contribution is 0.739. The van der Waals surface area contributed by atoms with Crippen molar-refractivity contribution in [3.8, 4) is 0 Å². The summed E-state index contributed by atoms with van der Waals surface area (Å²) in [7, 11) is 1.93. The molecule has 1 rings (SSSR count). The van der Waals surface area contributed by atoms with Gasteiger partial charge < -0.3 is 10.6 Å². The molecule has 0 aromatic carbocycles. The monoisotopic (exact) mass is 208 g/mol. The molecule has 84 valence electrons. The van der Waals surface area contributed by atoms with Crippen molar-refractivity contribution in [1.82, 2.24) is 15.3 Å². The molecule has 0 aliphatic rings. The van der Waals surface area contributed by atoms with Gasteiger partial charge >= 0.3 is 0 Å². The van der Waals surface area contributed by atoms with E-state index in [9.17, 15) is 0 Å². The van der Waals surface area contributed by atoms with Gasteiger partial charge in [0.15, 0.2) is 0 Å². The fourth-order valence-electron chi connectivity index (χ4n) is 1.19. The van der Waals surface area contributed by atoms with E-state index in [-0.39, 0.29) is 0 Å². The highest BCUT2D eigenvalue weighted by Crippen LogP contribution is 2.05. The van der Waals surface area contributed by atoms with Gasteiger partial charge in [0.1, 0.15) is 11.6 Å².